The lowest BCUT2D eigenvalue weighted by Crippen LogP contribution is -2.23. The van der Waals surface area contributed by atoms with Crippen LogP contribution in [0.25, 0.3) is 0 Å². The first-order chi connectivity index (χ1) is 9.94. The molecule has 1 heterocycles. The zero-order valence-corrected chi connectivity index (χ0v) is 12.8. The standard InChI is InChI=1S/C13H19N5O2S/c1-3-17-21(19,20)10-4-5-11(14)12(8-10)16-9-13-15-6-7-18(13)2/h4-8,16-17H,3,9,14H2,1-2H3. The van der Waals surface area contributed by atoms with Crippen LogP contribution in [0.3, 0.4) is 0 Å². The maximum absolute atomic E-state index is 12.0. The number of benzene rings is 1. The molecule has 0 aliphatic carbocycles. The number of hydrogen-bond acceptors (Lipinski definition) is 5. The third-order valence-electron chi connectivity index (χ3n) is 3.03. The zero-order chi connectivity index (χ0) is 15.5. The van der Waals surface area contributed by atoms with E-state index in [4.69, 9.17) is 5.73 Å². The summed E-state index contributed by atoms with van der Waals surface area (Å²) in [5.41, 5.74) is 6.93. The van der Waals surface area contributed by atoms with Gasteiger partial charge >= 0.3 is 0 Å². The number of nitrogens with one attached hydrogen (secondary N) is 2. The van der Waals surface area contributed by atoms with Gasteiger partial charge in [-0.3, -0.25) is 0 Å². The highest BCUT2D eigenvalue weighted by Crippen LogP contribution is 2.23. The van der Waals surface area contributed by atoms with Crippen LogP contribution in [0, 0.1) is 0 Å². The van der Waals surface area contributed by atoms with Crippen LogP contribution >= 0.6 is 0 Å². The maximum atomic E-state index is 12.0. The minimum Gasteiger partial charge on any atom is -0.397 e. The van der Waals surface area contributed by atoms with Crippen molar-refractivity contribution >= 4 is 21.4 Å². The fourth-order valence-corrected chi connectivity index (χ4v) is 2.94. The summed E-state index contributed by atoms with van der Waals surface area (Å²) >= 11 is 0. The van der Waals surface area contributed by atoms with Crippen molar-refractivity contribution in [2.24, 2.45) is 7.05 Å². The highest BCUT2D eigenvalue weighted by Gasteiger charge is 2.14. The molecule has 0 aliphatic heterocycles. The van der Waals surface area contributed by atoms with E-state index >= 15 is 0 Å². The number of imidazole rings is 1. The number of hydrogen-bond donors (Lipinski definition) is 3. The van der Waals surface area contributed by atoms with Crippen molar-refractivity contribution in [3.05, 3.63) is 36.4 Å². The van der Waals surface area contributed by atoms with Crippen LogP contribution < -0.4 is 15.8 Å². The first-order valence-corrected chi connectivity index (χ1v) is 8.01. The Balaban J connectivity index is 2.22. The Morgan fingerprint density at radius 3 is 2.76 bits per heavy atom. The van der Waals surface area contributed by atoms with Gasteiger partial charge in [-0.25, -0.2) is 18.1 Å². The predicted molar refractivity (Wildman–Crippen MR) is 82.3 cm³/mol. The van der Waals surface area contributed by atoms with Crippen LogP contribution in [0.5, 0.6) is 0 Å². The van der Waals surface area contributed by atoms with Gasteiger partial charge in [0.05, 0.1) is 22.8 Å². The second-order valence-corrected chi connectivity index (χ2v) is 6.33. The Kier molecular flexibility index (Phi) is 4.49. The molecule has 0 saturated carbocycles. The van der Waals surface area contributed by atoms with E-state index in [2.05, 4.69) is 15.0 Å². The summed E-state index contributed by atoms with van der Waals surface area (Å²) in [6.07, 6.45) is 3.54. The number of aryl methyl sites for hydroxylation is 1. The summed E-state index contributed by atoms with van der Waals surface area (Å²) in [7, 11) is -1.61. The summed E-state index contributed by atoms with van der Waals surface area (Å²) in [6.45, 7) is 2.52. The Morgan fingerprint density at radius 1 is 1.38 bits per heavy atom. The van der Waals surface area contributed by atoms with Crippen molar-refractivity contribution in [3.63, 3.8) is 0 Å². The van der Waals surface area contributed by atoms with Crippen molar-refractivity contribution < 1.29 is 8.42 Å². The number of nitrogens with two attached hydrogens (primary N) is 1. The van der Waals surface area contributed by atoms with E-state index in [0.29, 0.717) is 24.5 Å². The number of nitrogen functional groups attached to an aromatic ring is 1. The molecule has 0 spiro atoms. The molecule has 0 fully saturated rings. The smallest absolute Gasteiger partial charge is 0.240 e. The second kappa shape index (κ2) is 6.15. The van der Waals surface area contributed by atoms with E-state index in [1.54, 1.807) is 19.2 Å². The SMILES string of the molecule is CCNS(=O)(=O)c1ccc(N)c(NCc2nccn2C)c1. The van der Waals surface area contributed by atoms with Crippen LogP contribution in [0.15, 0.2) is 35.5 Å². The monoisotopic (exact) mass is 309 g/mol. The van der Waals surface area contributed by atoms with Crippen molar-refractivity contribution in [1.29, 1.82) is 0 Å². The van der Waals surface area contributed by atoms with Gasteiger partial charge in [-0.05, 0) is 18.2 Å². The molecule has 7 nitrogen and oxygen atoms in total. The molecular weight excluding hydrogens is 290 g/mol. The molecule has 2 aromatic rings. The van der Waals surface area contributed by atoms with Gasteiger partial charge in [0.25, 0.3) is 0 Å². The molecule has 21 heavy (non-hydrogen) atoms. The van der Waals surface area contributed by atoms with E-state index in [0.717, 1.165) is 5.82 Å². The molecule has 1 aromatic carbocycles. The van der Waals surface area contributed by atoms with Gasteiger partial charge in [0, 0.05) is 26.0 Å². The Labute approximate surface area is 124 Å². The van der Waals surface area contributed by atoms with Gasteiger partial charge in [0.1, 0.15) is 5.82 Å². The van der Waals surface area contributed by atoms with Crippen LogP contribution in [0.4, 0.5) is 11.4 Å². The van der Waals surface area contributed by atoms with Gasteiger partial charge in [0.2, 0.25) is 10.0 Å². The maximum Gasteiger partial charge on any atom is 0.240 e. The van der Waals surface area contributed by atoms with Gasteiger partial charge in [-0.1, -0.05) is 6.92 Å². The number of nitrogens with zero attached hydrogens (tertiary/aromatic N) is 2. The quantitative estimate of drug-likeness (QED) is 0.688. The molecule has 2 rings (SSSR count). The first-order valence-electron chi connectivity index (χ1n) is 6.53. The summed E-state index contributed by atoms with van der Waals surface area (Å²) in [5.74, 6) is 0.828. The number of rotatable bonds is 6. The van der Waals surface area contributed by atoms with Crippen LogP contribution in [-0.2, 0) is 23.6 Å². The summed E-state index contributed by atoms with van der Waals surface area (Å²) < 4.78 is 28.3. The predicted octanol–water partition coefficient (Wildman–Crippen LogP) is 0.913. The van der Waals surface area contributed by atoms with Crippen molar-refractivity contribution in [1.82, 2.24) is 14.3 Å². The lowest BCUT2D eigenvalue weighted by Gasteiger charge is -2.12. The van der Waals surface area contributed by atoms with E-state index in [1.165, 1.54) is 12.1 Å². The van der Waals surface area contributed by atoms with Gasteiger partial charge in [0.15, 0.2) is 0 Å². The fourth-order valence-electron chi connectivity index (χ4n) is 1.87. The highest BCUT2D eigenvalue weighted by molar-refractivity contribution is 7.89. The number of anilines is 2. The molecule has 114 valence electrons. The Morgan fingerprint density at radius 2 is 2.14 bits per heavy atom. The molecule has 0 aliphatic rings. The van der Waals surface area contributed by atoms with E-state index in [-0.39, 0.29) is 4.90 Å². The van der Waals surface area contributed by atoms with Crippen LogP contribution in [-0.4, -0.2) is 24.5 Å². The zero-order valence-electron chi connectivity index (χ0n) is 12.0. The number of aromatic nitrogens is 2. The minimum absolute atomic E-state index is 0.181. The lowest BCUT2D eigenvalue weighted by molar-refractivity contribution is 0.584. The van der Waals surface area contributed by atoms with Crippen molar-refractivity contribution in [2.45, 2.75) is 18.4 Å². The molecule has 0 bridgehead atoms. The molecular formula is C13H19N5O2S. The molecule has 0 atom stereocenters. The average Bonchev–Trinajstić information content (AvgIpc) is 2.83. The minimum atomic E-state index is -3.50. The Bertz CT molecular complexity index is 724. The topological polar surface area (TPSA) is 102 Å². The molecule has 8 heteroatoms. The van der Waals surface area contributed by atoms with E-state index in [1.807, 2.05) is 17.8 Å². The summed E-state index contributed by atoms with van der Waals surface area (Å²) in [4.78, 5) is 4.37. The van der Waals surface area contributed by atoms with Gasteiger partial charge < -0.3 is 15.6 Å². The molecule has 1 aromatic heterocycles. The molecule has 0 saturated heterocycles. The summed E-state index contributed by atoms with van der Waals surface area (Å²) in [6, 6.07) is 4.58. The number of sulfonamides is 1. The van der Waals surface area contributed by atoms with Crippen molar-refractivity contribution in [3.8, 4) is 0 Å². The normalized spacial score (nSPS) is 11.5. The van der Waals surface area contributed by atoms with Crippen molar-refractivity contribution in [2.75, 3.05) is 17.6 Å². The molecule has 0 amide bonds. The van der Waals surface area contributed by atoms with Gasteiger partial charge in [-0.15, -0.1) is 0 Å². The second-order valence-electron chi connectivity index (χ2n) is 4.56. The highest BCUT2D eigenvalue weighted by atomic mass is 32.2. The van der Waals surface area contributed by atoms with Crippen LogP contribution in [0.1, 0.15) is 12.7 Å². The lowest BCUT2D eigenvalue weighted by atomic mass is 10.2. The third kappa shape index (κ3) is 3.53. The van der Waals surface area contributed by atoms with Gasteiger partial charge in [-0.2, -0.15) is 0 Å². The average molecular weight is 309 g/mol. The first kappa shape index (κ1) is 15.3. The fraction of sp³-hybridized carbons (Fsp3) is 0.308. The molecule has 0 unspecified atom stereocenters. The largest absolute Gasteiger partial charge is 0.397 e. The van der Waals surface area contributed by atoms with E-state index in [9.17, 15) is 8.42 Å². The Hall–Kier alpha value is -2.06. The summed E-state index contributed by atoms with van der Waals surface area (Å²) in [5, 5.41) is 3.11. The van der Waals surface area contributed by atoms with E-state index < -0.39 is 10.0 Å². The third-order valence-corrected chi connectivity index (χ3v) is 4.57. The van der Waals surface area contributed by atoms with Crippen LogP contribution in [0.2, 0.25) is 0 Å². The molecule has 0 radical (unpaired) electrons. The molecule has 4 N–H and O–H groups in total.